The molecule has 0 saturated carbocycles. The molecule has 0 spiro atoms. The van der Waals surface area contributed by atoms with Crippen LogP contribution in [0.1, 0.15) is 15.9 Å². The predicted molar refractivity (Wildman–Crippen MR) is 86.1 cm³/mol. The lowest BCUT2D eigenvalue weighted by Gasteiger charge is -2.18. The number of ketones is 1. The van der Waals surface area contributed by atoms with Crippen molar-refractivity contribution in [3.8, 4) is 0 Å². The Bertz CT molecular complexity index is 756. The number of fused-ring (bicyclic) bond motifs is 1. The molecule has 3 nitrogen and oxygen atoms in total. The van der Waals surface area contributed by atoms with E-state index in [4.69, 9.17) is 23.2 Å². The lowest BCUT2D eigenvalue weighted by Crippen LogP contribution is -2.29. The van der Waals surface area contributed by atoms with Crippen LogP contribution < -0.4 is 4.90 Å². The maximum Gasteiger partial charge on any atom is 0.299 e. The first-order valence-electron chi connectivity index (χ1n) is 6.08. The first kappa shape index (κ1) is 14.6. The number of nitrogens with zero attached hydrogens (tertiary/aromatic N) is 1. The van der Waals surface area contributed by atoms with Gasteiger partial charge in [-0.3, -0.25) is 9.59 Å². The van der Waals surface area contributed by atoms with Crippen molar-refractivity contribution in [1.29, 1.82) is 0 Å². The van der Waals surface area contributed by atoms with Gasteiger partial charge < -0.3 is 4.90 Å². The number of anilines is 1. The highest BCUT2D eigenvalue weighted by Crippen LogP contribution is 2.36. The second kappa shape index (κ2) is 5.44. The van der Waals surface area contributed by atoms with E-state index >= 15 is 0 Å². The number of carbonyl (C=O) groups excluding carboxylic acids is 2. The summed E-state index contributed by atoms with van der Waals surface area (Å²) in [5, 5.41) is 0.928. The fourth-order valence-corrected chi connectivity index (χ4v) is 3.35. The quantitative estimate of drug-likeness (QED) is 0.715. The molecule has 0 bridgehead atoms. The largest absolute Gasteiger partial charge is 0.300 e. The third kappa shape index (κ3) is 2.37. The van der Waals surface area contributed by atoms with Crippen LogP contribution in [0.2, 0.25) is 10.0 Å². The lowest BCUT2D eigenvalue weighted by atomic mass is 10.1. The van der Waals surface area contributed by atoms with Gasteiger partial charge in [-0.1, -0.05) is 35.3 Å². The fraction of sp³-hybridized carbons (Fsp3) is 0.0667. The zero-order chi connectivity index (χ0) is 15.1. The molecule has 0 aliphatic carbocycles. The minimum Gasteiger partial charge on any atom is -0.300 e. The summed E-state index contributed by atoms with van der Waals surface area (Å²) in [6, 6.07) is 10.4. The van der Waals surface area contributed by atoms with Crippen LogP contribution in [0.5, 0.6) is 0 Å². The molecule has 0 fully saturated rings. The van der Waals surface area contributed by atoms with Gasteiger partial charge >= 0.3 is 0 Å². The van der Waals surface area contributed by atoms with Gasteiger partial charge in [0, 0.05) is 20.1 Å². The van der Waals surface area contributed by atoms with Crippen LogP contribution in [0.25, 0.3) is 0 Å². The molecule has 2 aromatic rings. The van der Waals surface area contributed by atoms with E-state index in [1.807, 2.05) is 0 Å². The Morgan fingerprint density at radius 1 is 1.00 bits per heavy atom. The van der Waals surface area contributed by atoms with Crippen molar-refractivity contribution in [3.05, 3.63) is 62.0 Å². The number of amides is 1. The average Bonchev–Trinajstić information content (AvgIpc) is 2.68. The highest BCUT2D eigenvalue weighted by molar-refractivity contribution is 9.10. The molecule has 2 aromatic carbocycles. The van der Waals surface area contributed by atoms with Crippen molar-refractivity contribution >= 4 is 56.5 Å². The molecule has 0 aromatic heterocycles. The minimum absolute atomic E-state index is 0.159. The summed E-state index contributed by atoms with van der Waals surface area (Å²) in [6.45, 7) is 0.159. The smallest absolute Gasteiger partial charge is 0.299 e. The summed E-state index contributed by atoms with van der Waals surface area (Å²) in [5.41, 5.74) is 1.57. The summed E-state index contributed by atoms with van der Waals surface area (Å²) >= 11 is 15.6. The van der Waals surface area contributed by atoms with E-state index in [-0.39, 0.29) is 6.54 Å². The topological polar surface area (TPSA) is 37.4 Å². The average molecular weight is 385 g/mol. The summed E-state index contributed by atoms with van der Waals surface area (Å²) < 4.78 is 0.603. The molecule has 1 heterocycles. The SMILES string of the molecule is O=C1C(=O)N(Cc2c(Cl)cccc2Cl)c2cccc(Br)c21. The molecule has 1 amide bonds. The van der Waals surface area contributed by atoms with E-state index in [1.165, 1.54) is 4.90 Å². The van der Waals surface area contributed by atoms with Crippen LogP contribution in [0.4, 0.5) is 5.69 Å². The molecule has 1 aliphatic rings. The number of carbonyl (C=O) groups is 2. The summed E-state index contributed by atoms with van der Waals surface area (Å²) in [6.07, 6.45) is 0. The van der Waals surface area contributed by atoms with Crippen molar-refractivity contribution in [2.24, 2.45) is 0 Å². The fourth-order valence-electron chi connectivity index (χ4n) is 2.30. The van der Waals surface area contributed by atoms with Crippen molar-refractivity contribution in [1.82, 2.24) is 0 Å². The number of rotatable bonds is 2. The van der Waals surface area contributed by atoms with Crippen molar-refractivity contribution in [2.45, 2.75) is 6.54 Å². The summed E-state index contributed by atoms with van der Waals surface area (Å²) in [4.78, 5) is 25.7. The molecule has 0 N–H and O–H groups in total. The Morgan fingerprint density at radius 3 is 2.29 bits per heavy atom. The molecular weight excluding hydrogens is 377 g/mol. The zero-order valence-corrected chi connectivity index (χ0v) is 13.7. The second-order valence-corrected chi connectivity index (χ2v) is 6.22. The van der Waals surface area contributed by atoms with Gasteiger partial charge in [-0.25, -0.2) is 0 Å². The maximum absolute atomic E-state index is 12.2. The molecule has 0 radical (unpaired) electrons. The number of Topliss-reactive ketones (excluding diaryl/α,β-unsaturated/α-hetero) is 1. The zero-order valence-electron chi connectivity index (χ0n) is 10.6. The Morgan fingerprint density at radius 2 is 1.62 bits per heavy atom. The molecule has 0 atom stereocenters. The van der Waals surface area contributed by atoms with Crippen LogP contribution in [-0.4, -0.2) is 11.7 Å². The van der Waals surface area contributed by atoms with Crippen molar-refractivity contribution < 1.29 is 9.59 Å². The normalized spacial score (nSPS) is 13.8. The van der Waals surface area contributed by atoms with E-state index < -0.39 is 11.7 Å². The molecule has 21 heavy (non-hydrogen) atoms. The summed E-state index contributed by atoms with van der Waals surface area (Å²) in [7, 11) is 0. The third-order valence-corrected chi connectivity index (χ3v) is 4.70. The van der Waals surface area contributed by atoms with Gasteiger partial charge in [0.05, 0.1) is 17.8 Å². The number of halogens is 3. The Hall–Kier alpha value is -1.36. The van der Waals surface area contributed by atoms with Crippen LogP contribution in [-0.2, 0) is 11.3 Å². The van der Waals surface area contributed by atoms with E-state index in [1.54, 1.807) is 36.4 Å². The molecule has 1 aliphatic heterocycles. The highest BCUT2D eigenvalue weighted by atomic mass is 79.9. The molecule has 3 rings (SSSR count). The van der Waals surface area contributed by atoms with Gasteiger partial charge in [-0.15, -0.1) is 0 Å². The molecule has 106 valence electrons. The van der Waals surface area contributed by atoms with Crippen LogP contribution in [0.3, 0.4) is 0 Å². The van der Waals surface area contributed by atoms with Gasteiger partial charge in [0.15, 0.2) is 0 Å². The van der Waals surface area contributed by atoms with Gasteiger partial charge in [-0.2, -0.15) is 0 Å². The molecular formula is C15H8BrCl2NO2. The highest BCUT2D eigenvalue weighted by Gasteiger charge is 2.37. The van der Waals surface area contributed by atoms with Crippen molar-refractivity contribution in [2.75, 3.05) is 4.90 Å². The number of hydrogen-bond donors (Lipinski definition) is 0. The molecule has 0 unspecified atom stereocenters. The van der Waals surface area contributed by atoms with Crippen molar-refractivity contribution in [3.63, 3.8) is 0 Å². The van der Waals surface area contributed by atoms with Crippen LogP contribution in [0.15, 0.2) is 40.9 Å². The predicted octanol–water partition coefficient (Wildman–Crippen LogP) is 4.49. The molecule has 6 heteroatoms. The molecule has 0 saturated heterocycles. The van der Waals surface area contributed by atoms with E-state index in [2.05, 4.69) is 15.9 Å². The third-order valence-electron chi connectivity index (χ3n) is 3.33. The maximum atomic E-state index is 12.2. The standard InChI is InChI=1S/C15H8BrCl2NO2/c16-9-3-1-6-12-13(9)14(20)15(21)19(12)7-8-10(17)4-2-5-11(8)18/h1-6H,7H2. The lowest BCUT2D eigenvalue weighted by molar-refractivity contribution is -0.114. The van der Waals surface area contributed by atoms with E-state index in [0.717, 1.165) is 0 Å². The first-order valence-corrected chi connectivity index (χ1v) is 7.63. The van der Waals surface area contributed by atoms with Gasteiger partial charge in [0.1, 0.15) is 0 Å². The Kier molecular flexibility index (Phi) is 3.78. The van der Waals surface area contributed by atoms with Gasteiger partial charge in [-0.05, 0) is 40.2 Å². The van der Waals surface area contributed by atoms with Gasteiger partial charge in [0.2, 0.25) is 0 Å². The summed E-state index contributed by atoms with van der Waals surface area (Å²) in [5.74, 6) is -1.10. The second-order valence-electron chi connectivity index (χ2n) is 4.55. The van der Waals surface area contributed by atoms with E-state index in [0.29, 0.717) is 31.3 Å². The number of benzene rings is 2. The van der Waals surface area contributed by atoms with E-state index in [9.17, 15) is 9.59 Å². The monoisotopic (exact) mass is 383 g/mol. The van der Waals surface area contributed by atoms with Gasteiger partial charge in [0.25, 0.3) is 11.7 Å². The first-order chi connectivity index (χ1) is 10.0. The van der Waals surface area contributed by atoms with Crippen LogP contribution >= 0.6 is 39.1 Å². The Labute approximate surface area is 139 Å². The van der Waals surface area contributed by atoms with Crippen LogP contribution in [0, 0.1) is 0 Å². The minimum atomic E-state index is -0.576. The number of hydrogen-bond acceptors (Lipinski definition) is 2. The Balaban J connectivity index is 2.07.